The van der Waals surface area contributed by atoms with Gasteiger partial charge in [0, 0.05) is 12.0 Å². The fourth-order valence-corrected chi connectivity index (χ4v) is 3.44. The Kier molecular flexibility index (Phi) is 6.90. The summed E-state index contributed by atoms with van der Waals surface area (Å²) in [6, 6.07) is 6.27. The topological polar surface area (TPSA) is 41.6 Å². The largest absolute Gasteiger partial charge is 0.496 e. The number of nitrogens with one attached hydrogen (secondary N) is 1. The van der Waals surface area contributed by atoms with Crippen molar-refractivity contribution in [3.8, 4) is 5.75 Å². The van der Waals surface area contributed by atoms with Gasteiger partial charge in [0.05, 0.1) is 13.2 Å². The van der Waals surface area contributed by atoms with Gasteiger partial charge in [0.2, 0.25) is 5.91 Å². The van der Waals surface area contributed by atoms with E-state index in [1.807, 2.05) is 12.1 Å². The van der Waals surface area contributed by atoms with Crippen molar-refractivity contribution in [3.63, 3.8) is 0 Å². The Labute approximate surface area is 140 Å². The van der Waals surface area contributed by atoms with Crippen LogP contribution in [0, 0.1) is 0 Å². The van der Waals surface area contributed by atoms with Crippen molar-refractivity contribution < 1.29 is 9.53 Å². The highest BCUT2D eigenvalue weighted by molar-refractivity contribution is 5.76. The number of fused-ring (bicyclic) bond motifs is 1. The standard InChI is InChI=1S/C19H30N2O2/c1-4-21(5-2)14-8-13-18(22)20-16-11-6-9-15-10-7-12-17(23-3)19(15)16/h7,10,12,16H,4-6,8-9,11,13-14H2,1-3H3,(H,20,22). The van der Waals surface area contributed by atoms with Crippen molar-refractivity contribution in [2.24, 2.45) is 0 Å². The quantitative estimate of drug-likeness (QED) is 0.799. The molecule has 0 spiro atoms. The Hall–Kier alpha value is -1.55. The van der Waals surface area contributed by atoms with Gasteiger partial charge in [-0.1, -0.05) is 26.0 Å². The van der Waals surface area contributed by atoms with Gasteiger partial charge < -0.3 is 15.0 Å². The van der Waals surface area contributed by atoms with E-state index in [1.54, 1.807) is 7.11 Å². The summed E-state index contributed by atoms with van der Waals surface area (Å²) >= 11 is 0. The van der Waals surface area contributed by atoms with E-state index in [0.717, 1.165) is 51.1 Å². The summed E-state index contributed by atoms with van der Waals surface area (Å²) in [4.78, 5) is 14.7. The molecule has 1 N–H and O–H groups in total. The van der Waals surface area contributed by atoms with E-state index in [-0.39, 0.29) is 11.9 Å². The fourth-order valence-electron chi connectivity index (χ4n) is 3.44. The van der Waals surface area contributed by atoms with Gasteiger partial charge in [-0.15, -0.1) is 0 Å². The summed E-state index contributed by atoms with van der Waals surface area (Å²) in [5, 5.41) is 3.22. The Morgan fingerprint density at radius 3 is 2.83 bits per heavy atom. The average Bonchev–Trinajstić information content (AvgIpc) is 2.58. The molecule has 0 radical (unpaired) electrons. The normalized spacial score (nSPS) is 17.0. The molecule has 1 aromatic carbocycles. The molecule has 4 heteroatoms. The second-order valence-electron chi connectivity index (χ2n) is 6.18. The molecule has 1 aliphatic rings. The first-order chi connectivity index (χ1) is 11.2. The van der Waals surface area contributed by atoms with E-state index in [1.165, 1.54) is 11.1 Å². The maximum Gasteiger partial charge on any atom is 0.220 e. The van der Waals surface area contributed by atoms with E-state index in [9.17, 15) is 4.79 Å². The molecule has 0 saturated heterocycles. The second kappa shape index (κ2) is 8.92. The molecule has 23 heavy (non-hydrogen) atoms. The van der Waals surface area contributed by atoms with E-state index in [0.29, 0.717) is 6.42 Å². The van der Waals surface area contributed by atoms with Gasteiger partial charge in [0.15, 0.2) is 0 Å². The van der Waals surface area contributed by atoms with Crippen LogP contribution in [0.4, 0.5) is 0 Å². The van der Waals surface area contributed by atoms with Gasteiger partial charge in [-0.05, 0) is 56.9 Å². The molecular formula is C19H30N2O2. The molecule has 2 rings (SSSR count). The van der Waals surface area contributed by atoms with Crippen LogP contribution in [0.1, 0.15) is 56.7 Å². The number of carbonyl (C=O) groups excluding carboxylic acids is 1. The van der Waals surface area contributed by atoms with Gasteiger partial charge in [-0.25, -0.2) is 0 Å². The molecule has 1 aliphatic carbocycles. The van der Waals surface area contributed by atoms with E-state index in [2.05, 4.69) is 30.1 Å². The lowest BCUT2D eigenvalue weighted by Gasteiger charge is -2.28. The number of carbonyl (C=O) groups is 1. The van der Waals surface area contributed by atoms with Gasteiger partial charge >= 0.3 is 0 Å². The smallest absolute Gasteiger partial charge is 0.220 e. The number of amides is 1. The third-order valence-electron chi connectivity index (χ3n) is 4.77. The van der Waals surface area contributed by atoms with Gasteiger partial charge in [0.1, 0.15) is 5.75 Å². The number of benzene rings is 1. The van der Waals surface area contributed by atoms with Crippen molar-refractivity contribution >= 4 is 5.91 Å². The lowest BCUT2D eigenvalue weighted by Crippen LogP contribution is -2.32. The zero-order valence-electron chi connectivity index (χ0n) is 14.7. The Morgan fingerprint density at radius 1 is 1.35 bits per heavy atom. The SMILES string of the molecule is CCN(CC)CCCC(=O)NC1CCCc2cccc(OC)c21. The molecule has 0 aromatic heterocycles. The van der Waals surface area contributed by atoms with E-state index >= 15 is 0 Å². The van der Waals surface area contributed by atoms with Crippen molar-refractivity contribution in [2.45, 2.75) is 52.0 Å². The monoisotopic (exact) mass is 318 g/mol. The van der Waals surface area contributed by atoms with Crippen LogP contribution in [0.3, 0.4) is 0 Å². The summed E-state index contributed by atoms with van der Waals surface area (Å²) < 4.78 is 5.51. The minimum atomic E-state index is 0.0934. The zero-order chi connectivity index (χ0) is 16.7. The van der Waals surface area contributed by atoms with Crippen LogP contribution in [0.2, 0.25) is 0 Å². The number of aryl methyl sites for hydroxylation is 1. The molecule has 1 atom stereocenters. The molecule has 0 saturated carbocycles. The maximum absolute atomic E-state index is 12.3. The predicted molar refractivity (Wildman–Crippen MR) is 93.8 cm³/mol. The summed E-state index contributed by atoms with van der Waals surface area (Å²) in [5.41, 5.74) is 2.49. The first-order valence-corrected chi connectivity index (χ1v) is 8.87. The summed E-state index contributed by atoms with van der Waals surface area (Å²) in [6.45, 7) is 7.41. The minimum Gasteiger partial charge on any atom is -0.496 e. The van der Waals surface area contributed by atoms with Crippen LogP contribution < -0.4 is 10.1 Å². The Morgan fingerprint density at radius 2 is 2.13 bits per heavy atom. The highest BCUT2D eigenvalue weighted by Gasteiger charge is 2.25. The van der Waals surface area contributed by atoms with Gasteiger partial charge in [0.25, 0.3) is 0 Å². The molecule has 1 unspecified atom stereocenters. The zero-order valence-corrected chi connectivity index (χ0v) is 14.7. The van der Waals surface area contributed by atoms with Crippen LogP contribution in [-0.4, -0.2) is 37.6 Å². The first kappa shape index (κ1) is 17.8. The molecule has 4 nitrogen and oxygen atoms in total. The number of methoxy groups -OCH3 is 1. The van der Waals surface area contributed by atoms with E-state index in [4.69, 9.17) is 4.74 Å². The molecule has 128 valence electrons. The number of nitrogens with zero attached hydrogens (tertiary/aromatic N) is 1. The highest BCUT2D eigenvalue weighted by Crippen LogP contribution is 2.36. The number of ether oxygens (including phenoxy) is 1. The van der Waals surface area contributed by atoms with Gasteiger partial charge in [-0.3, -0.25) is 4.79 Å². The van der Waals surface area contributed by atoms with Gasteiger partial charge in [-0.2, -0.15) is 0 Å². The number of rotatable bonds is 8. The fraction of sp³-hybridized carbons (Fsp3) is 0.632. The third kappa shape index (κ3) is 4.71. The second-order valence-corrected chi connectivity index (χ2v) is 6.18. The van der Waals surface area contributed by atoms with Crippen molar-refractivity contribution in [3.05, 3.63) is 29.3 Å². The number of hydrogen-bond acceptors (Lipinski definition) is 3. The average molecular weight is 318 g/mol. The molecule has 0 bridgehead atoms. The summed E-state index contributed by atoms with van der Waals surface area (Å²) in [6.07, 6.45) is 4.69. The Bertz CT molecular complexity index is 498. The van der Waals surface area contributed by atoms with Crippen molar-refractivity contribution in [1.82, 2.24) is 10.2 Å². The molecule has 1 aromatic rings. The molecule has 1 amide bonds. The van der Waals surface area contributed by atoms with E-state index < -0.39 is 0 Å². The van der Waals surface area contributed by atoms with Crippen molar-refractivity contribution in [1.29, 1.82) is 0 Å². The van der Waals surface area contributed by atoms with Crippen LogP contribution in [-0.2, 0) is 11.2 Å². The summed E-state index contributed by atoms with van der Waals surface area (Å²) in [5.74, 6) is 1.05. The summed E-state index contributed by atoms with van der Waals surface area (Å²) in [7, 11) is 1.70. The van der Waals surface area contributed by atoms with Crippen molar-refractivity contribution in [2.75, 3.05) is 26.7 Å². The molecule has 0 fully saturated rings. The minimum absolute atomic E-state index is 0.0934. The maximum atomic E-state index is 12.3. The van der Waals surface area contributed by atoms with Crippen LogP contribution in [0.5, 0.6) is 5.75 Å². The van der Waals surface area contributed by atoms with Crippen LogP contribution in [0.15, 0.2) is 18.2 Å². The predicted octanol–water partition coefficient (Wildman–Crippen LogP) is 3.31. The van der Waals surface area contributed by atoms with Crippen LogP contribution in [0.25, 0.3) is 0 Å². The molecular weight excluding hydrogens is 288 g/mol. The third-order valence-corrected chi connectivity index (χ3v) is 4.77. The lowest BCUT2D eigenvalue weighted by molar-refractivity contribution is -0.122. The lowest BCUT2D eigenvalue weighted by atomic mass is 9.87. The van der Waals surface area contributed by atoms with Crippen LogP contribution >= 0.6 is 0 Å². The highest BCUT2D eigenvalue weighted by atomic mass is 16.5. The molecule has 0 aliphatic heterocycles. The number of hydrogen-bond donors (Lipinski definition) is 1. The molecule has 0 heterocycles. The Balaban J connectivity index is 1.93. The first-order valence-electron chi connectivity index (χ1n) is 8.87.